The zero-order valence-electron chi connectivity index (χ0n) is 12.4. The summed E-state index contributed by atoms with van der Waals surface area (Å²) >= 11 is 1.45. The standard InChI is InChI=1S/C13H24N4OS/c1-6-17(9(2)7-16(4)5)13(18)11-8-19-12(15-11)10(3)14/h8-10H,6-7,14H2,1-5H3. The molecular weight excluding hydrogens is 260 g/mol. The molecule has 2 N–H and O–H groups in total. The fourth-order valence-corrected chi connectivity index (χ4v) is 2.78. The highest BCUT2D eigenvalue weighted by atomic mass is 32.1. The maximum absolute atomic E-state index is 12.4. The summed E-state index contributed by atoms with van der Waals surface area (Å²) in [6, 6.07) is 0.0359. The Hall–Kier alpha value is -0.980. The Morgan fingerprint density at radius 3 is 2.53 bits per heavy atom. The van der Waals surface area contributed by atoms with E-state index in [0.717, 1.165) is 11.6 Å². The van der Waals surface area contributed by atoms with Crippen molar-refractivity contribution in [2.75, 3.05) is 27.2 Å². The van der Waals surface area contributed by atoms with Gasteiger partial charge in [0, 0.05) is 24.5 Å². The molecule has 1 heterocycles. The number of amides is 1. The molecule has 0 aliphatic heterocycles. The summed E-state index contributed by atoms with van der Waals surface area (Å²) in [5.41, 5.74) is 6.28. The molecule has 0 fully saturated rings. The molecule has 0 bridgehead atoms. The second kappa shape index (κ2) is 6.98. The number of carbonyl (C=O) groups is 1. The Balaban J connectivity index is 2.82. The molecule has 0 saturated heterocycles. The van der Waals surface area contributed by atoms with E-state index in [4.69, 9.17) is 5.73 Å². The van der Waals surface area contributed by atoms with Gasteiger partial charge in [0.05, 0.1) is 6.04 Å². The van der Waals surface area contributed by atoms with Gasteiger partial charge < -0.3 is 15.5 Å². The predicted octanol–water partition coefficient (Wildman–Crippen LogP) is 1.57. The normalized spacial score (nSPS) is 14.5. The minimum absolute atomic E-state index is 0.0139. The maximum atomic E-state index is 12.4. The Bertz CT molecular complexity index is 417. The summed E-state index contributed by atoms with van der Waals surface area (Å²) in [4.78, 5) is 20.7. The second-order valence-electron chi connectivity index (χ2n) is 5.06. The van der Waals surface area contributed by atoms with Crippen LogP contribution in [-0.2, 0) is 0 Å². The van der Waals surface area contributed by atoms with Crippen LogP contribution in [0.3, 0.4) is 0 Å². The lowest BCUT2D eigenvalue weighted by Gasteiger charge is -2.29. The number of likely N-dealkylation sites (N-methyl/N-ethyl adjacent to an activating group) is 2. The smallest absolute Gasteiger partial charge is 0.273 e. The average molecular weight is 284 g/mol. The van der Waals surface area contributed by atoms with Gasteiger partial charge in [0.2, 0.25) is 0 Å². The SMILES string of the molecule is CCN(C(=O)c1csc(C(C)N)n1)C(C)CN(C)C. The van der Waals surface area contributed by atoms with E-state index in [1.807, 2.05) is 32.8 Å². The molecule has 1 amide bonds. The number of nitrogens with two attached hydrogens (primary N) is 1. The molecule has 0 radical (unpaired) electrons. The third-order valence-corrected chi connectivity index (χ3v) is 3.94. The summed E-state index contributed by atoms with van der Waals surface area (Å²) in [5, 5.41) is 2.60. The van der Waals surface area contributed by atoms with Crippen LogP contribution in [-0.4, -0.2) is 53.9 Å². The molecule has 1 rings (SSSR count). The number of aromatic nitrogens is 1. The van der Waals surface area contributed by atoms with Crippen molar-refractivity contribution in [3.63, 3.8) is 0 Å². The number of thiazole rings is 1. The molecule has 0 aliphatic carbocycles. The first-order chi connectivity index (χ1) is 8.86. The van der Waals surface area contributed by atoms with E-state index in [-0.39, 0.29) is 18.0 Å². The van der Waals surface area contributed by atoms with E-state index < -0.39 is 0 Å². The van der Waals surface area contributed by atoms with E-state index >= 15 is 0 Å². The topological polar surface area (TPSA) is 62.5 Å². The van der Waals surface area contributed by atoms with Crippen LogP contribution in [0, 0.1) is 0 Å². The molecule has 19 heavy (non-hydrogen) atoms. The van der Waals surface area contributed by atoms with E-state index in [1.54, 1.807) is 5.38 Å². The Kier molecular flexibility index (Phi) is 5.90. The zero-order chi connectivity index (χ0) is 14.6. The van der Waals surface area contributed by atoms with Gasteiger partial charge in [-0.3, -0.25) is 4.79 Å². The molecule has 5 nitrogen and oxygen atoms in total. The van der Waals surface area contributed by atoms with Crippen LogP contribution < -0.4 is 5.73 Å². The Labute approximate surface area is 119 Å². The van der Waals surface area contributed by atoms with Gasteiger partial charge in [-0.05, 0) is 34.9 Å². The van der Waals surface area contributed by atoms with Crippen molar-refractivity contribution >= 4 is 17.2 Å². The number of carbonyl (C=O) groups excluding carboxylic acids is 1. The molecule has 0 aliphatic rings. The third-order valence-electron chi connectivity index (χ3n) is 2.89. The van der Waals surface area contributed by atoms with Gasteiger partial charge in [-0.25, -0.2) is 4.98 Å². The number of rotatable bonds is 6. The van der Waals surface area contributed by atoms with Gasteiger partial charge in [-0.15, -0.1) is 11.3 Å². The van der Waals surface area contributed by atoms with Crippen molar-refractivity contribution in [2.45, 2.75) is 32.9 Å². The summed E-state index contributed by atoms with van der Waals surface area (Å²) in [5.74, 6) is -0.0139. The van der Waals surface area contributed by atoms with E-state index in [9.17, 15) is 4.79 Å². The Morgan fingerprint density at radius 1 is 1.47 bits per heavy atom. The summed E-state index contributed by atoms with van der Waals surface area (Å²) in [6.07, 6.45) is 0. The van der Waals surface area contributed by atoms with Crippen LogP contribution in [0.1, 0.15) is 42.3 Å². The minimum atomic E-state index is -0.124. The molecule has 0 aromatic carbocycles. The van der Waals surface area contributed by atoms with Crippen LogP contribution >= 0.6 is 11.3 Å². The van der Waals surface area contributed by atoms with E-state index in [2.05, 4.69) is 16.8 Å². The fraction of sp³-hybridized carbons (Fsp3) is 0.692. The first-order valence-corrected chi connectivity index (χ1v) is 7.41. The fourth-order valence-electron chi connectivity index (χ4n) is 2.02. The van der Waals surface area contributed by atoms with Gasteiger partial charge in [0.1, 0.15) is 10.7 Å². The molecule has 6 heteroatoms. The average Bonchev–Trinajstić information content (AvgIpc) is 2.77. The largest absolute Gasteiger partial charge is 0.334 e. The number of nitrogens with zero attached hydrogens (tertiary/aromatic N) is 3. The van der Waals surface area contributed by atoms with Crippen molar-refractivity contribution in [3.05, 3.63) is 16.1 Å². The van der Waals surface area contributed by atoms with Crippen molar-refractivity contribution in [1.29, 1.82) is 0 Å². The summed E-state index contributed by atoms with van der Waals surface area (Å²) in [6.45, 7) is 7.44. The van der Waals surface area contributed by atoms with Gasteiger partial charge in [-0.1, -0.05) is 0 Å². The van der Waals surface area contributed by atoms with Crippen LogP contribution in [0.4, 0.5) is 0 Å². The molecule has 1 aromatic rings. The van der Waals surface area contributed by atoms with Crippen molar-refractivity contribution in [1.82, 2.24) is 14.8 Å². The number of hydrogen-bond acceptors (Lipinski definition) is 5. The van der Waals surface area contributed by atoms with Gasteiger partial charge >= 0.3 is 0 Å². The highest BCUT2D eigenvalue weighted by Crippen LogP contribution is 2.18. The number of hydrogen-bond donors (Lipinski definition) is 1. The Morgan fingerprint density at radius 2 is 2.11 bits per heavy atom. The minimum Gasteiger partial charge on any atom is -0.334 e. The molecular formula is C13H24N4OS. The molecule has 108 valence electrons. The molecule has 0 saturated carbocycles. The van der Waals surface area contributed by atoms with Crippen molar-refractivity contribution < 1.29 is 4.79 Å². The zero-order valence-corrected chi connectivity index (χ0v) is 13.2. The van der Waals surface area contributed by atoms with Crippen LogP contribution in [0.5, 0.6) is 0 Å². The van der Waals surface area contributed by atoms with E-state index in [0.29, 0.717) is 12.2 Å². The van der Waals surface area contributed by atoms with Gasteiger partial charge in [0.15, 0.2) is 0 Å². The predicted molar refractivity (Wildman–Crippen MR) is 79.4 cm³/mol. The lowest BCUT2D eigenvalue weighted by molar-refractivity contribution is 0.0673. The van der Waals surface area contributed by atoms with Crippen molar-refractivity contribution in [2.24, 2.45) is 5.73 Å². The summed E-state index contributed by atoms with van der Waals surface area (Å²) in [7, 11) is 4.01. The highest BCUT2D eigenvalue weighted by Gasteiger charge is 2.23. The van der Waals surface area contributed by atoms with Crippen LogP contribution in [0.2, 0.25) is 0 Å². The quantitative estimate of drug-likeness (QED) is 0.861. The van der Waals surface area contributed by atoms with Crippen LogP contribution in [0.15, 0.2) is 5.38 Å². The maximum Gasteiger partial charge on any atom is 0.273 e. The van der Waals surface area contributed by atoms with E-state index in [1.165, 1.54) is 11.3 Å². The second-order valence-corrected chi connectivity index (χ2v) is 5.95. The van der Waals surface area contributed by atoms with Crippen molar-refractivity contribution in [3.8, 4) is 0 Å². The highest BCUT2D eigenvalue weighted by molar-refractivity contribution is 7.09. The molecule has 0 spiro atoms. The van der Waals surface area contributed by atoms with Gasteiger partial charge in [-0.2, -0.15) is 0 Å². The lowest BCUT2D eigenvalue weighted by atomic mass is 10.2. The lowest BCUT2D eigenvalue weighted by Crippen LogP contribution is -2.43. The first-order valence-electron chi connectivity index (χ1n) is 6.53. The first kappa shape index (κ1) is 16.1. The molecule has 2 atom stereocenters. The molecule has 1 aromatic heterocycles. The van der Waals surface area contributed by atoms with Gasteiger partial charge in [0.25, 0.3) is 5.91 Å². The summed E-state index contributed by atoms with van der Waals surface area (Å²) < 4.78 is 0. The van der Waals surface area contributed by atoms with Crippen LogP contribution in [0.25, 0.3) is 0 Å². The monoisotopic (exact) mass is 284 g/mol. The molecule has 2 unspecified atom stereocenters. The third kappa shape index (κ3) is 4.26.